The molecule has 7 nitrogen and oxygen atoms in total. The van der Waals surface area contributed by atoms with Crippen LogP contribution in [0.4, 0.5) is 10.1 Å². The van der Waals surface area contributed by atoms with Gasteiger partial charge in [-0.15, -0.1) is 5.10 Å². The van der Waals surface area contributed by atoms with Crippen LogP contribution in [-0.4, -0.2) is 59.2 Å². The molecule has 4 rings (SSSR count). The number of carbonyl (C=O) groups excluding carboxylic acids is 1. The lowest BCUT2D eigenvalue weighted by Crippen LogP contribution is -2.49. The highest BCUT2D eigenvalue weighted by Crippen LogP contribution is 2.30. The summed E-state index contributed by atoms with van der Waals surface area (Å²) in [5.74, 6) is -0.00114. The Balaban J connectivity index is 1.53. The van der Waals surface area contributed by atoms with Gasteiger partial charge in [-0.05, 0) is 24.3 Å². The molecule has 1 saturated heterocycles. The molecule has 1 aromatic carbocycles. The molecule has 1 unspecified atom stereocenters. The van der Waals surface area contributed by atoms with E-state index in [1.54, 1.807) is 31.5 Å². The van der Waals surface area contributed by atoms with E-state index in [0.717, 1.165) is 12.0 Å². The van der Waals surface area contributed by atoms with Gasteiger partial charge in [0.25, 0.3) is 0 Å². The summed E-state index contributed by atoms with van der Waals surface area (Å²) in [7, 11) is 1.58. The molecule has 1 fully saturated rings. The van der Waals surface area contributed by atoms with Crippen molar-refractivity contribution in [2.45, 2.75) is 6.17 Å². The zero-order valence-corrected chi connectivity index (χ0v) is 16.0. The lowest BCUT2D eigenvalue weighted by Gasteiger charge is -2.38. The lowest BCUT2D eigenvalue weighted by atomic mass is 10.2. The number of carbonyl (C=O) groups is 1. The van der Waals surface area contributed by atoms with Crippen molar-refractivity contribution in [1.29, 1.82) is 0 Å². The van der Waals surface area contributed by atoms with Gasteiger partial charge < -0.3 is 9.64 Å². The van der Waals surface area contributed by atoms with Gasteiger partial charge in [0.05, 0.1) is 17.5 Å². The number of ether oxygens (including phenoxy) is 1. The fourth-order valence-electron chi connectivity index (χ4n) is 3.51. The summed E-state index contributed by atoms with van der Waals surface area (Å²) in [4.78, 5) is 20.2. The number of hydrogen-bond donors (Lipinski definition) is 0. The number of aldehydes is 1. The molecule has 1 atom stereocenters. The van der Waals surface area contributed by atoms with Crippen LogP contribution in [0.3, 0.4) is 0 Å². The molecule has 146 valence electrons. The van der Waals surface area contributed by atoms with E-state index in [9.17, 15) is 9.18 Å². The molecule has 3 heterocycles. The minimum atomic E-state index is -0.705. The maximum atomic E-state index is 14.1. The zero-order chi connectivity index (χ0) is 19.7. The third kappa shape index (κ3) is 3.29. The molecule has 0 N–H and O–H groups in total. The van der Waals surface area contributed by atoms with Crippen molar-refractivity contribution in [3.05, 3.63) is 47.5 Å². The van der Waals surface area contributed by atoms with Gasteiger partial charge >= 0.3 is 0 Å². The maximum Gasteiger partial charge on any atom is 0.242 e. The van der Waals surface area contributed by atoms with E-state index in [-0.39, 0.29) is 0 Å². The molecule has 0 bridgehead atoms. The molecular weight excluding hydrogens is 385 g/mol. The van der Waals surface area contributed by atoms with E-state index in [1.165, 1.54) is 4.68 Å². The maximum absolute atomic E-state index is 14.1. The number of piperazine rings is 1. The topological polar surface area (TPSA) is 63.5 Å². The molecule has 1 aliphatic rings. The number of rotatable bonds is 5. The highest BCUT2D eigenvalue weighted by Gasteiger charge is 2.28. The number of aromatic nitrogens is 3. The SMILES string of the molecule is COc1cc(N2CCN(C(C=O)n3nc(F)c4cccnc43)CC2)ccc1Cl. The van der Waals surface area contributed by atoms with Crippen LogP contribution in [0.2, 0.25) is 5.02 Å². The predicted octanol–water partition coefficient (Wildman–Crippen LogP) is 2.75. The Morgan fingerprint density at radius 3 is 2.75 bits per heavy atom. The van der Waals surface area contributed by atoms with E-state index < -0.39 is 12.1 Å². The second-order valence-corrected chi connectivity index (χ2v) is 6.91. The largest absolute Gasteiger partial charge is 0.495 e. The van der Waals surface area contributed by atoms with Crippen molar-refractivity contribution in [2.24, 2.45) is 0 Å². The number of hydrogen-bond acceptors (Lipinski definition) is 6. The predicted molar refractivity (Wildman–Crippen MR) is 104 cm³/mol. The Labute approximate surface area is 166 Å². The van der Waals surface area contributed by atoms with Gasteiger partial charge in [0, 0.05) is 44.1 Å². The Morgan fingerprint density at radius 2 is 2.04 bits per heavy atom. The van der Waals surface area contributed by atoms with Crippen LogP contribution in [0.15, 0.2) is 36.5 Å². The quantitative estimate of drug-likeness (QED) is 0.610. The summed E-state index contributed by atoms with van der Waals surface area (Å²) >= 11 is 6.10. The third-order valence-corrected chi connectivity index (χ3v) is 5.29. The number of pyridine rings is 1. The molecule has 1 aliphatic heterocycles. The number of anilines is 1. The molecule has 0 radical (unpaired) electrons. The van der Waals surface area contributed by atoms with Gasteiger partial charge in [-0.2, -0.15) is 4.39 Å². The monoisotopic (exact) mass is 403 g/mol. The second kappa shape index (κ2) is 7.73. The third-order valence-electron chi connectivity index (χ3n) is 4.98. The van der Waals surface area contributed by atoms with Gasteiger partial charge in [-0.25, -0.2) is 9.67 Å². The first-order valence-corrected chi connectivity index (χ1v) is 9.26. The summed E-state index contributed by atoms with van der Waals surface area (Å²) in [6.45, 7) is 2.63. The molecule has 0 amide bonds. The van der Waals surface area contributed by atoms with Crippen LogP contribution < -0.4 is 9.64 Å². The van der Waals surface area contributed by atoms with Crippen molar-refractivity contribution in [2.75, 3.05) is 38.2 Å². The molecule has 9 heteroatoms. The van der Waals surface area contributed by atoms with Gasteiger partial charge in [0.2, 0.25) is 5.95 Å². The van der Waals surface area contributed by atoms with E-state index in [0.29, 0.717) is 48.0 Å². The molecule has 0 spiro atoms. The van der Waals surface area contributed by atoms with Crippen molar-refractivity contribution in [1.82, 2.24) is 19.7 Å². The van der Waals surface area contributed by atoms with Crippen molar-refractivity contribution in [3.8, 4) is 5.75 Å². The number of fused-ring (bicyclic) bond motifs is 1. The molecule has 3 aromatic rings. The summed E-state index contributed by atoms with van der Waals surface area (Å²) in [6, 6.07) is 8.90. The van der Waals surface area contributed by atoms with Crippen LogP contribution in [0, 0.1) is 5.95 Å². The second-order valence-electron chi connectivity index (χ2n) is 6.50. The van der Waals surface area contributed by atoms with Crippen LogP contribution in [0.25, 0.3) is 11.0 Å². The minimum Gasteiger partial charge on any atom is -0.495 e. The van der Waals surface area contributed by atoms with Crippen LogP contribution >= 0.6 is 11.6 Å². The Kier molecular flexibility index (Phi) is 5.15. The first-order chi connectivity index (χ1) is 13.6. The highest BCUT2D eigenvalue weighted by atomic mass is 35.5. The Hall–Kier alpha value is -2.71. The number of nitrogens with zero attached hydrogens (tertiary/aromatic N) is 5. The zero-order valence-electron chi connectivity index (χ0n) is 15.3. The van der Waals surface area contributed by atoms with Crippen molar-refractivity contribution >= 4 is 34.6 Å². The van der Waals surface area contributed by atoms with Gasteiger partial charge in [0.15, 0.2) is 18.1 Å². The molecule has 0 aliphatic carbocycles. The fourth-order valence-corrected chi connectivity index (χ4v) is 3.70. The molecule has 2 aromatic heterocycles. The molecule has 0 saturated carbocycles. The van der Waals surface area contributed by atoms with E-state index in [4.69, 9.17) is 16.3 Å². The first-order valence-electron chi connectivity index (χ1n) is 8.89. The summed E-state index contributed by atoms with van der Waals surface area (Å²) in [5, 5.41) is 4.78. The Morgan fingerprint density at radius 1 is 1.25 bits per heavy atom. The lowest BCUT2D eigenvalue weighted by molar-refractivity contribution is -0.115. The van der Waals surface area contributed by atoms with Crippen LogP contribution in [0.5, 0.6) is 5.75 Å². The summed E-state index contributed by atoms with van der Waals surface area (Å²) in [6.07, 6.45) is 1.64. The first kappa shape index (κ1) is 18.6. The molecular formula is C19H19ClFN5O2. The van der Waals surface area contributed by atoms with E-state index >= 15 is 0 Å². The smallest absolute Gasteiger partial charge is 0.242 e. The number of benzene rings is 1. The molecule has 28 heavy (non-hydrogen) atoms. The average molecular weight is 404 g/mol. The summed E-state index contributed by atoms with van der Waals surface area (Å²) < 4.78 is 20.8. The van der Waals surface area contributed by atoms with E-state index in [2.05, 4.69) is 15.0 Å². The Bertz CT molecular complexity index is 1000. The van der Waals surface area contributed by atoms with Crippen LogP contribution in [-0.2, 0) is 4.79 Å². The fraction of sp³-hybridized carbons (Fsp3) is 0.316. The minimum absolute atomic E-state index is 0.307. The average Bonchev–Trinajstić information content (AvgIpc) is 3.06. The van der Waals surface area contributed by atoms with Crippen LogP contribution in [0.1, 0.15) is 6.17 Å². The van der Waals surface area contributed by atoms with E-state index in [1.807, 2.05) is 17.0 Å². The normalized spacial score (nSPS) is 16.3. The van der Waals surface area contributed by atoms with Gasteiger partial charge in [0.1, 0.15) is 5.75 Å². The van der Waals surface area contributed by atoms with Gasteiger partial charge in [-0.1, -0.05) is 11.6 Å². The highest BCUT2D eigenvalue weighted by molar-refractivity contribution is 6.32. The standard InChI is InChI=1S/C19H19ClFN5O2/c1-28-16-11-13(4-5-15(16)20)24-7-9-25(10-8-24)17(12-27)26-19-14(18(21)23-26)3-2-6-22-19/h2-6,11-12,17H,7-10H2,1H3. The van der Waals surface area contributed by atoms with Gasteiger partial charge in [-0.3, -0.25) is 9.69 Å². The summed E-state index contributed by atoms with van der Waals surface area (Å²) in [5.41, 5.74) is 1.36. The number of halogens is 2. The van der Waals surface area contributed by atoms with Crippen molar-refractivity contribution in [3.63, 3.8) is 0 Å². The number of methoxy groups -OCH3 is 1. The van der Waals surface area contributed by atoms with Crippen molar-refractivity contribution < 1.29 is 13.9 Å².